The van der Waals surface area contributed by atoms with E-state index in [1.54, 1.807) is 17.5 Å². The summed E-state index contributed by atoms with van der Waals surface area (Å²) < 4.78 is 5.83. The van der Waals surface area contributed by atoms with Crippen LogP contribution in [0.5, 0.6) is 5.75 Å². The zero-order chi connectivity index (χ0) is 15.6. The van der Waals surface area contributed by atoms with Gasteiger partial charge in [0.2, 0.25) is 0 Å². The number of aromatic nitrogens is 1. The molecule has 4 nitrogen and oxygen atoms in total. The van der Waals surface area contributed by atoms with Gasteiger partial charge in [0.1, 0.15) is 21.7 Å². The van der Waals surface area contributed by atoms with E-state index in [0.29, 0.717) is 11.4 Å². The van der Waals surface area contributed by atoms with Gasteiger partial charge in [-0.05, 0) is 23.1 Å². The average molecular weight is 342 g/mol. The number of nitrogens with zero attached hydrogens (tertiary/aromatic N) is 1. The Kier molecular flexibility index (Phi) is 3.85. The maximum absolute atomic E-state index is 12.3. The fourth-order valence-corrected chi connectivity index (χ4v) is 4.19. The molecular formula is C17H14N2O2S2. The van der Waals surface area contributed by atoms with Crippen molar-refractivity contribution in [2.45, 2.75) is 12.5 Å². The summed E-state index contributed by atoms with van der Waals surface area (Å²) in [6.45, 7) is 0.500. The Labute approximate surface area is 141 Å². The summed E-state index contributed by atoms with van der Waals surface area (Å²) in [6, 6.07) is 12.0. The number of carbonyl (C=O) groups excluding carboxylic acids is 1. The van der Waals surface area contributed by atoms with Crippen molar-refractivity contribution >= 4 is 28.6 Å². The minimum atomic E-state index is -0.0927. The molecule has 1 aliphatic rings. The van der Waals surface area contributed by atoms with Gasteiger partial charge in [-0.3, -0.25) is 4.79 Å². The first kappa shape index (κ1) is 14.4. The van der Waals surface area contributed by atoms with Crippen molar-refractivity contribution < 1.29 is 9.53 Å². The monoisotopic (exact) mass is 342 g/mol. The highest BCUT2D eigenvalue weighted by Gasteiger charge is 2.23. The number of para-hydroxylation sites is 1. The second-order valence-electron chi connectivity index (χ2n) is 5.27. The third kappa shape index (κ3) is 3.00. The van der Waals surface area contributed by atoms with E-state index in [2.05, 4.69) is 16.4 Å². The van der Waals surface area contributed by atoms with E-state index >= 15 is 0 Å². The number of hydrogen-bond acceptors (Lipinski definition) is 5. The first-order chi connectivity index (χ1) is 11.3. The van der Waals surface area contributed by atoms with Gasteiger partial charge in [0.05, 0.1) is 17.6 Å². The van der Waals surface area contributed by atoms with Crippen LogP contribution in [0.15, 0.2) is 48.0 Å². The Morgan fingerprint density at radius 1 is 1.30 bits per heavy atom. The van der Waals surface area contributed by atoms with Crippen LogP contribution in [-0.2, 0) is 6.42 Å². The lowest BCUT2D eigenvalue weighted by molar-refractivity contribution is 0.0937. The summed E-state index contributed by atoms with van der Waals surface area (Å²) in [4.78, 5) is 18.3. The molecule has 2 aromatic heterocycles. The van der Waals surface area contributed by atoms with Crippen LogP contribution in [-0.4, -0.2) is 23.5 Å². The fourth-order valence-electron chi connectivity index (χ4n) is 2.55. The lowest BCUT2D eigenvalue weighted by atomic mass is 10.1. The highest BCUT2D eigenvalue weighted by Crippen LogP contribution is 2.29. The minimum absolute atomic E-state index is 0.000961. The third-order valence-electron chi connectivity index (χ3n) is 3.67. The van der Waals surface area contributed by atoms with Gasteiger partial charge < -0.3 is 10.1 Å². The van der Waals surface area contributed by atoms with Crippen molar-refractivity contribution in [2.24, 2.45) is 0 Å². The molecule has 1 N–H and O–H groups in total. The Hall–Kier alpha value is -2.18. The number of carbonyl (C=O) groups is 1. The number of nitrogens with one attached hydrogen (secondary N) is 1. The first-order valence-corrected chi connectivity index (χ1v) is 9.01. The smallest absolute Gasteiger partial charge is 0.263 e. The van der Waals surface area contributed by atoms with Crippen LogP contribution in [0.1, 0.15) is 15.2 Å². The molecule has 23 heavy (non-hydrogen) atoms. The Morgan fingerprint density at radius 2 is 2.22 bits per heavy atom. The van der Waals surface area contributed by atoms with E-state index in [1.165, 1.54) is 16.9 Å². The molecule has 0 spiro atoms. The molecule has 116 valence electrons. The number of hydrogen-bond donors (Lipinski definition) is 1. The van der Waals surface area contributed by atoms with Crippen LogP contribution in [0.2, 0.25) is 0 Å². The zero-order valence-corrected chi connectivity index (χ0v) is 13.8. The molecule has 1 aliphatic heterocycles. The molecule has 3 heterocycles. The van der Waals surface area contributed by atoms with Crippen LogP contribution in [0.3, 0.4) is 0 Å². The molecule has 4 rings (SSSR count). The van der Waals surface area contributed by atoms with Crippen LogP contribution in [0.25, 0.3) is 9.88 Å². The molecule has 0 saturated carbocycles. The van der Waals surface area contributed by atoms with E-state index in [4.69, 9.17) is 4.74 Å². The summed E-state index contributed by atoms with van der Waals surface area (Å²) in [5, 5.41) is 5.83. The van der Waals surface area contributed by atoms with Crippen molar-refractivity contribution in [3.63, 3.8) is 0 Å². The average Bonchev–Trinajstić information content (AvgIpc) is 3.31. The molecule has 1 aromatic carbocycles. The van der Waals surface area contributed by atoms with Crippen molar-refractivity contribution in [1.82, 2.24) is 10.3 Å². The zero-order valence-electron chi connectivity index (χ0n) is 12.2. The molecule has 6 heteroatoms. The van der Waals surface area contributed by atoms with Crippen molar-refractivity contribution in [3.05, 3.63) is 58.4 Å². The molecular weight excluding hydrogens is 328 g/mol. The molecule has 0 fully saturated rings. The van der Waals surface area contributed by atoms with Gasteiger partial charge in [-0.25, -0.2) is 4.98 Å². The van der Waals surface area contributed by atoms with Gasteiger partial charge in [-0.1, -0.05) is 24.3 Å². The number of thiazole rings is 1. The van der Waals surface area contributed by atoms with Gasteiger partial charge in [0.25, 0.3) is 5.91 Å². The van der Waals surface area contributed by atoms with Crippen LogP contribution in [0, 0.1) is 0 Å². The topological polar surface area (TPSA) is 51.2 Å². The molecule has 0 radical (unpaired) electrons. The maximum atomic E-state index is 12.3. The predicted octanol–water partition coefficient (Wildman–Crippen LogP) is 3.61. The van der Waals surface area contributed by atoms with E-state index in [9.17, 15) is 4.79 Å². The highest BCUT2D eigenvalue weighted by atomic mass is 32.1. The molecule has 1 unspecified atom stereocenters. The standard InChI is InChI=1S/C17H14N2O2S2/c20-16(15-10-19-17(23-15)14-6-3-7-22-14)18-9-12-8-11-4-1-2-5-13(11)21-12/h1-7,10,12H,8-9H2,(H,18,20). The summed E-state index contributed by atoms with van der Waals surface area (Å²) in [7, 11) is 0. The van der Waals surface area contributed by atoms with E-state index in [-0.39, 0.29) is 12.0 Å². The van der Waals surface area contributed by atoms with Crippen LogP contribution < -0.4 is 10.1 Å². The fraction of sp³-hybridized carbons (Fsp3) is 0.176. The van der Waals surface area contributed by atoms with Gasteiger partial charge in [0.15, 0.2) is 0 Å². The number of rotatable bonds is 4. The summed E-state index contributed by atoms with van der Waals surface area (Å²) >= 11 is 3.04. The van der Waals surface area contributed by atoms with Crippen molar-refractivity contribution in [1.29, 1.82) is 0 Å². The van der Waals surface area contributed by atoms with Crippen molar-refractivity contribution in [3.8, 4) is 15.6 Å². The second-order valence-corrected chi connectivity index (χ2v) is 7.25. The summed E-state index contributed by atoms with van der Waals surface area (Å²) in [5.41, 5.74) is 1.20. The Balaban J connectivity index is 1.36. The van der Waals surface area contributed by atoms with Gasteiger partial charge in [-0.15, -0.1) is 22.7 Å². The van der Waals surface area contributed by atoms with Crippen LogP contribution >= 0.6 is 22.7 Å². The molecule has 1 atom stereocenters. The molecule has 1 amide bonds. The summed E-state index contributed by atoms with van der Waals surface area (Å²) in [5.74, 6) is 0.828. The SMILES string of the molecule is O=C(NCC1Cc2ccccc2O1)c1cnc(-c2cccs2)s1. The van der Waals surface area contributed by atoms with Gasteiger partial charge in [-0.2, -0.15) is 0 Å². The predicted molar refractivity (Wildman–Crippen MR) is 92.3 cm³/mol. The largest absolute Gasteiger partial charge is 0.488 e. The second kappa shape index (κ2) is 6.14. The summed E-state index contributed by atoms with van der Waals surface area (Å²) in [6.07, 6.45) is 2.47. The maximum Gasteiger partial charge on any atom is 0.263 e. The van der Waals surface area contributed by atoms with Crippen LogP contribution in [0.4, 0.5) is 0 Å². The normalized spacial score (nSPS) is 15.9. The molecule has 0 saturated heterocycles. The lowest BCUT2D eigenvalue weighted by Crippen LogP contribution is -2.34. The first-order valence-electron chi connectivity index (χ1n) is 7.32. The number of amides is 1. The number of benzene rings is 1. The van der Waals surface area contributed by atoms with Gasteiger partial charge >= 0.3 is 0 Å². The molecule has 0 aliphatic carbocycles. The molecule has 3 aromatic rings. The van der Waals surface area contributed by atoms with Gasteiger partial charge in [0, 0.05) is 6.42 Å². The number of fused-ring (bicyclic) bond motifs is 1. The highest BCUT2D eigenvalue weighted by molar-refractivity contribution is 7.21. The number of ether oxygens (including phenoxy) is 1. The quantitative estimate of drug-likeness (QED) is 0.788. The molecule has 0 bridgehead atoms. The Morgan fingerprint density at radius 3 is 3.04 bits per heavy atom. The number of thiophene rings is 1. The third-order valence-corrected chi connectivity index (χ3v) is 5.70. The van der Waals surface area contributed by atoms with E-state index in [0.717, 1.165) is 22.1 Å². The Bertz CT molecular complexity index is 802. The minimum Gasteiger partial charge on any atom is -0.488 e. The van der Waals surface area contributed by atoms with Crippen molar-refractivity contribution in [2.75, 3.05) is 6.54 Å². The van der Waals surface area contributed by atoms with E-state index in [1.807, 2.05) is 35.7 Å². The lowest BCUT2D eigenvalue weighted by Gasteiger charge is -2.11. The van der Waals surface area contributed by atoms with E-state index < -0.39 is 0 Å².